The predicted octanol–water partition coefficient (Wildman–Crippen LogP) is 3.96. The van der Waals surface area contributed by atoms with Crippen LogP contribution in [0, 0.1) is 18.3 Å². The van der Waals surface area contributed by atoms with Gasteiger partial charge in [-0.25, -0.2) is 4.98 Å². The van der Waals surface area contributed by atoms with Gasteiger partial charge >= 0.3 is 0 Å². The molecule has 0 aliphatic heterocycles. The molecule has 0 amide bonds. The van der Waals surface area contributed by atoms with Gasteiger partial charge in [0.05, 0.1) is 18.7 Å². The minimum absolute atomic E-state index is 0.483. The van der Waals surface area contributed by atoms with Crippen LogP contribution in [-0.4, -0.2) is 23.6 Å². The third kappa shape index (κ3) is 2.53. The first kappa shape index (κ1) is 15.4. The molecular formula is C17H14BrN3O2. The van der Waals surface area contributed by atoms with Gasteiger partial charge in [-0.05, 0) is 52.7 Å². The Morgan fingerprint density at radius 3 is 2.57 bits per heavy atom. The maximum Gasteiger partial charge on any atom is 0.161 e. The quantitative estimate of drug-likeness (QED) is 0.698. The summed E-state index contributed by atoms with van der Waals surface area (Å²) in [6.07, 6.45) is 1.90. The van der Waals surface area contributed by atoms with Crippen molar-refractivity contribution < 1.29 is 9.47 Å². The summed E-state index contributed by atoms with van der Waals surface area (Å²) in [7, 11) is 3.17. The number of methoxy groups -OCH3 is 2. The number of fused-ring (bicyclic) bond motifs is 1. The number of ether oxygens (including phenoxy) is 2. The number of halogens is 1. The standard InChI is InChI=1S/C17H14BrN3O2/c1-10-6-12(18)17-20-16(13(8-19)21(17)9-10)11-4-5-14(22-2)15(7-11)23-3/h4-7,9H,1-3H3. The van der Waals surface area contributed by atoms with Crippen LogP contribution in [0.4, 0.5) is 0 Å². The third-order valence-electron chi connectivity index (χ3n) is 3.57. The number of nitrogens with zero attached hydrogens (tertiary/aromatic N) is 3. The number of nitriles is 1. The summed E-state index contributed by atoms with van der Waals surface area (Å²) in [6.45, 7) is 1.97. The van der Waals surface area contributed by atoms with Gasteiger partial charge in [0.1, 0.15) is 11.8 Å². The number of aryl methyl sites for hydroxylation is 1. The van der Waals surface area contributed by atoms with E-state index in [4.69, 9.17) is 9.47 Å². The zero-order valence-corrected chi connectivity index (χ0v) is 14.5. The van der Waals surface area contributed by atoms with Crippen LogP contribution in [0.2, 0.25) is 0 Å². The number of hydrogen-bond acceptors (Lipinski definition) is 4. The van der Waals surface area contributed by atoms with Gasteiger partial charge < -0.3 is 9.47 Å². The van der Waals surface area contributed by atoms with Crippen molar-refractivity contribution in [2.75, 3.05) is 14.2 Å². The minimum Gasteiger partial charge on any atom is -0.493 e. The summed E-state index contributed by atoms with van der Waals surface area (Å²) in [5.41, 5.74) is 3.64. The van der Waals surface area contributed by atoms with Gasteiger partial charge in [0.15, 0.2) is 22.8 Å². The highest BCUT2D eigenvalue weighted by Crippen LogP contribution is 2.34. The molecule has 2 aromatic heterocycles. The fourth-order valence-electron chi connectivity index (χ4n) is 2.52. The molecule has 0 spiro atoms. The fourth-order valence-corrected chi connectivity index (χ4v) is 3.16. The Labute approximate surface area is 142 Å². The Hall–Kier alpha value is -2.52. The summed E-state index contributed by atoms with van der Waals surface area (Å²) in [6, 6.07) is 9.71. The maximum absolute atomic E-state index is 9.59. The Morgan fingerprint density at radius 2 is 1.91 bits per heavy atom. The van der Waals surface area contributed by atoms with Gasteiger partial charge in [0, 0.05) is 11.8 Å². The molecule has 0 atom stereocenters. The van der Waals surface area contributed by atoms with Gasteiger partial charge in [0.2, 0.25) is 0 Å². The van der Waals surface area contributed by atoms with Crippen LogP contribution in [0.3, 0.4) is 0 Å². The molecule has 0 N–H and O–H groups in total. The Bertz CT molecular complexity index is 941. The summed E-state index contributed by atoms with van der Waals surface area (Å²) >= 11 is 3.51. The summed E-state index contributed by atoms with van der Waals surface area (Å²) in [5, 5.41) is 9.59. The molecule has 0 saturated carbocycles. The lowest BCUT2D eigenvalue weighted by molar-refractivity contribution is 0.355. The fraction of sp³-hybridized carbons (Fsp3) is 0.176. The smallest absolute Gasteiger partial charge is 0.161 e. The van der Waals surface area contributed by atoms with Gasteiger partial charge in [-0.1, -0.05) is 0 Å². The van der Waals surface area contributed by atoms with Crippen LogP contribution >= 0.6 is 15.9 Å². The highest BCUT2D eigenvalue weighted by Gasteiger charge is 2.17. The van der Waals surface area contributed by atoms with Crippen molar-refractivity contribution in [3.8, 4) is 28.8 Å². The molecule has 6 heteroatoms. The van der Waals surface area contributed by atoms with Gasteiger partial charge in [0.25, 0.3) is 0 Å². The molecule has 0 radical (unpaired) electrons. The number of rotatable bonds is 3. The van der Waals surface area contributed by atoms with Gasteiger partial charge in [-0.15, -0.1) is 0 Å². The highest BCUT2D eigenvalue weighted by atomic mass is 79.9. The topological polar surface area (TPSA) is 59.5 Å². The summed E-state index contributed by atoms with van der Waals surface area (Å²) < 4.78 is 13.2. The first-order valence-corrected chi connectivity index (χ1v) is 7.69. The normalized spacial score (nSPS) is 10.6. The van der Waals surface area contributed by atoms with E-state index >= 15 is 0 Å². The molecule has 0 fully saturated rings. The number of pyridine rings is 1. The van der Waals surface area contributed by atoms with E-state index in [2.05, 4.69) is 27.0 Å². The van der Waals surface area contributed by atoms with Crippen molar-refractivity contribution in [3.05, 3.63) is 46.2 Å². The van der Waals surface area contributed by atoms with E-state index in [9.17, 15) is 5.26 Å². The number of hydrogen-bond donors (Lipinski definition) is 0. The second-order valence-electron chi connectivity index (χ2n) is 5.05. The predicted molar refractivity (Wildman–Crippen MR) is 90.9 cm³/mol. The lowest BCUT2D eigenvalue weighted by Gasteiger charge is -2.08. The Kier molecular flexibility index (Phi) is 3.97. The SMILES string of the molecule is COc1ccc(-c2nc3c(Br)cc(C)cn3c2C#N)cc1OC. The van der Waals surface area contributed by atoms with Crippen molar-refractivity contribution in [2.45, 2.75) is 6.92 Å². The molecule has 0 aliphatic carbocycles. The van der Waals surface area contributed by atoms with E-state index in [0.29, 0.717) is 28.5 Å². The lowest BCUT2D eigenvalue weighted by atomic mass is 10.1. The zero-order valence-electron chi connectivity index (χ0n) is 12.9. The molecule has 0 bridgehead atoms. The maximum atomic E-state index is 9.59. The first-order valence-electron chi connectivity index (χ1n) is 6.89. The van der Waals surface area contributed by atoms with Crippen molar-refractivity contribution in [3.63, 3.8) is 0 Å². The third-order valence-corrected chi connectivity index (χ3v) is 4.16. The van der Waals surface area contributed by atoms with Crippen molar-refractivity contribution in [2.24, 2.45) is 0 Å². The number of aromatic nitrogens is 2. The average Bonchev–Trinajstić information content (AvgIpc) is 2.92. The molecule has 0 unspecified atom stereocenters. The van der Waals surface area contributed by atoms with Crippen molar-refractivity contribution in [1.29, 1.82) is 5.26 Å². The van der Waals surface area contributed by atoms with Crippen LogP contribution in [-0.2, 0) is 0 Å². The monoisotopic (exact) mass is 371 g/mol. The molecule has 23 heavy (non-hydrogen) atoms. The van der Waals surface area contributed by atoms with E-state index in [1.807, 2.05) is 31.3 Å². The Morgan fingerprint density at radius 1 is 1.17 bits per heavy atom. The van der Waals surface area contributed by atoms with Gasteiger partial charge in [-0.3, -0.25) is 4.40 Å². The first-order chi connectivity index (χ1) is 11.1. The minimum atomic E-state index is 0.483. The van der Waals surface area contributed by atoms with Crippen LogP contribution in [0.15, 0.2) is 34.9 Å². The zero-order chi connectivity index (χ0) is 16.6. The molecule has 5 nitrogen and oxygen atoms in total. The summed E-state index contributed by atoms with van der Waals surface area (Å²) in [5.74, 6) is 1.23. The van der Waals surface area contributed by atoms with E-state index in [1.54, 1.807) is 24.7 Å². The molecule has 116 valence electrons. The van der Waals surface area contributed by atoms with Crippen molar-refractivity contribution >= 4 is 21.6 Å². The van der Waals surface area contributed by atoms with Gasteiger partial charge in [-0.2, -0.15) is 5.26 Å². The molecule has 1 aromatic carbocycles. The van der Waals surface area contributed by atoms with Crippen LogP contribution in [0.5, 0.6) is 11.5 Å². The van der Waals surface area contributed by atoms with Crippen LogP contribution in [0.1, 0.15) is 11.3 Å². The molecule has 3 aromatic rings. The molecule has 3 rings (SSSR count). The second kappa shape index (κ2) is 5.94. The van der Waals surface area contributed by atoms with Crippen molar-refractivity contribution in [1.82, 2.24) is 9.38 Å². The highest BCUT2D eigenvalue weighted by molar-refractivity contribution is 9.10. The van der Waals surface area contributed by atoms with E-state index in [1.165, 1.54) is 0 Å². The van der Waals surface area contributed by atoms with E-state index in [0.717, 1.165) is 15.6 Å². The second-order valence-corrected chi connectivity index (χ2v) is 5.90. The Balaban J connectivity index is 2.28. The number of benzene rings is 1. The van der Waals surface area contributed by atoms with Crippen LogP contribution in [0.25, 0.3) is 16.9 Å². The average molecular weight is 372 g/mol. The summed E-state index contributed by atoms with van der Waals surface area (Å²) in [4.78, 5) is 4.62. The molecular weight excluding hydrogens is 358 g/mol. The largest absolute Gasteiger partial charge is 0.493 e. The van der Waals surface area contributed by atoms with E-state index < -0.39 is 0 Å². The molecule has 2 heterocycles. The molecule has 0 saturated heterocycles. The lowest BCUT2D eigenvalue weighted by Crippen LogP contribution is -1.93. The number of imidazole rings is 1. The van der Waals surface area contributed by atoms with Crippen LogP contribution < -0.4 is 9.47 Å². The molecule has 0 aliphatic rings. The van der Waals surface area contributed by atoms with E-state index in [-0.39, 0.29) is 0 Å².